The molecule has 170 valence electrons. The molecule has 0 unspecified atom stereocenters. The number of nitrogens with two attached hydrogens (primary N) is 1. The molecule has 3 N–H and O–H groups in total. The molecular weight excluding hydrogens is 396 g/mol. The van der Waals surface area contributed by atoms with Crippen LogP contribution in [0.25, 0.3) is 0 Å². The molecule has 0 atom stereocenters. The second kappa shape index (κ2) is 15.7. The molecule has 0 radical (unpaired) electrons. The number of nitrogens with one attached hydrogen (secondary N) is 1. The number of anilines is 1. The molecule has 3 aromatic carbocycles. The minimum absolute atomic E-state index is 0.608. The first kappa shape index (κ1) is 25.2. The lowest BCUT2D eigenvalue weighted by molar-refractivity contribution is -0.105. The third-order valence-corrected chi connectivity index (χ3v) is 5.08. The van der Waals surface area contributed by atoms with Crippen molar-refractivity contribution >= 4 is 12.1 Å². The minimum Gasteiger partial charge on any atom is -0.489 e. The Morgan fingerprint density at radius 3 is 2.25 bits per heavy atom. The van der Waals surface area contributed by atoms with Gasteiger partial charge in [-0.15, -0.1) is 0 Å². The average Bonchev–Trinajstić information content (AvgIpc) is 2.83. The van der Waals surface area contributed by atoms with E-state index in [4.69, 9.17) is 10.5 Å². The normalized spacial score (nSPS) is 10.1. The van der Waals surface area contributed by atoms with Crippen LogP contribution in [-0.4, -0.2) is 13.0 Å². The molecule has 0 aliphatic heterocycles. The van der Waals surface area contributed by atoms with E-state index < -0.39 is 0 Å². The van der Waals surface area contributed by atoms with Gasteiger partial charge in [-0.1, -0.05) is 80.8 Å². The number of aryl methyl sites for hydroxylation is 1. The van der Waals surface area contributed by atoms with E-state index in [1.54, 1.807) is 0 Å². The van der Waals surface area contributed by atoms with E-state index in [2.05, 4.69) is 42.6 Å². The van der Waals surface area contributed by atoms with Gasteiger partial charge in [-0.2, -0.15) is 0 Å². The van der Waals surface area contributed by atoms with Crippen LogP contribution in [-0.2, 0) is 24.2 Å². The molecule has 32 heavy (non-hydrogen) atoms. The Labute approximate surface area is 192 Å². The van der Waals surface area contributed by atoms with Gasteiger partial charge in [0.25, 0.3) is 0 Å². The highest BCUT2D eigenvalue weighted by Crippen LogP contribution is 2.15. The Balaban J connectivity index is 0.000000229. The molecule has 3 aromatic rings. The van der Waals surface area contributed by atoms with Gasteiger partial charge in [-0.3, -0.25) is 4.79 Å². The van der Waals surface area contributed by atoms with Crippen LogP contribution in [0.5, 0.6) is 5.75 Å². The van der Waals surface area contributed by atoms with Gasteiger partial charge < -0.3 is 15.8 Å². The van der Waals surface area contributed by atoms with Crippen LogP contribution in [0.2, 0.25) is 0 Å². The summed E-state index contributed by atoms with van der Waals surface area (Å²) >= 11 is 0. The fourth-order valence-corrected chi connectivity index (χ4v) is 3.30. The molecule has 0 fully saturated rings. The zero-order valence-corrected chi connectivity index (χ0v) is 19.1. The largest absolute Gasteiger partial charge is 0.489 e. The van der Waals surface area contributed by atoms with Crippen molar-refractivity contribution in [3.05, 3.63) is 95.6 Å². The van der Waals surface area contributed by atoms with Gasteiger partial charge in [0.05, 0.1) is 0 Å². The third kappa shape index (κ3) is 10.3. The number of benzene rings is 3. The Kier molecular flexibility index (Phi) is 12.3. The lowest BCUT2D eigenvalue weighted by Gasteiger charge is -2.07. The predicted molar refractivity (Wildman–Crippen MR) is 134 cm³/mol. The summed E-state index contributed by atoms with van der Waals surface area (Å²) in [4.78, 5) is 10.3. The quantitative estimate of drug-likeness (QED) is 0.267. The Bertz CT molecular complexity index is 879. The topological polar surface area (TPSA) is 64.4 Å². The molecule has 1 amide bonds. The summed E-state index contributed by atoms with van der Waals surface area (Å²) in [6, 6.07) is 26.3. The van der Waals surface area contributed by atoms with Crippen molar-refractivity contribution in [1.82, 2.24) is 0 Å². The smallest absolute Gasteiger partial charge is 0.211 e. The van der Waals surface area contributed by atoms with Gasteiger partial charge in [0.1, 0.15) is 12.4 Å². The van der Waals surface area contributed by atoms with E-state index in [1.165, 1.54) is 42.4 Å². The van der Waals surface area contributed by atoms with Crippen molar-refractivity contribution in [3.63, 3.8) is 0 Å². The van der Waals surface area contributed by atoms with E-state index in [-0.39, 0.29) is 0 Å². The van der Waals surface area contributed by atoms with E-state index in [0.717, 1.165) is 30.7 Å². The molecular formula is C28H36N2O2. The highest BCUT2D eigenvalue weighted by molar-refractivity contribution is 5.71. The Morgan fingerprint density at radius 2 is 1.56 bits per heavy atom. The van der Waals surface area contributed by atoms with Gasteiger partial charge in [0.2, 0.25) is 6.41 Å². The van der Waals surface area contributed by atoms with Gasteiger partial charge in [-0.05, 0) is 66.8 Å². The van der Waals surface area contributed by atoms with Gasteiger partial charge in [0, 0.05) is 5.69 Å². The summed E-state index contributed by atoms with van der Waals surface area (Å²) in [5.74, 6) is 0.898. The number of hydrogen-bond acceptors (Lipinski definition) is 3. The third-order valence-electron chi connectivity index (χ3n) is 5.08. The van der Waals surface area contributed by atoms with E-state index in [0.29, 0.717) is 13.2 Å². The predicted octanol–water partition coefficient (Wildman–Crippen LogP) is 6.14. The van der Waals surface area contributed by atoms with E-state index in [1.807, 2.05) is 48.5 Å². The molecule has 3 rings (SSSR count). The molecule has 0 saturated carbocycles. The molecule has 4 nitrogen and oxygen atoms in total. The van der Waals surface area contributed by atoms with Crippen molar-refractivity contribution in [2.75, 3.05) is 11.9 Å². The monoisotopic (exact) mass is 432 g/mol. The molecule has 4 heteroatoms. The Hall–Kier alpha value is -3.11. The maximum atomic E-state index is 10.3. The maximum absolute atomic E-state index is 10.3. The minimum atomic E-state index is 0.608. The second-order valence-corrected chi connectivity index (χ2v) is 7.73. The maximum Gasteiger partial charge on any atom is 0.211 e. The van der Waals surface area contributed by atoms with Crippen LogP contribution in [0.3, 0.4) is 0 Å². The number of carbonyl (C=O) groups excluding carboxylic acids is 1. The zero-order chi connectivity index (χ0) is 22.9. The molecule has 0 saturated heterocycles. The van der Waals surface area contributed by atoms with Crippen LogP contribution < -0.4 is 15.8 Å². The van der Waals surface area contributed by atoms with Crippen LogP contribution in [0.15, 0.2) is 78.9 Å². The number of hydrogen-bond donors (Lipinski definition) is 2. The SMILES string of the molecule is CCCCCCc1cccc(NC=O)c1.NCCc1ccc(OCc2ccccc2)cc1. The summed E-state index contributed by atoms with van der Waals surface area (Å²) in [6.07, 6.45) is 7.85. The first-order valence-corrected chi connectivity index (χ1v) is 11.5. The van der Waals surface area contributed by atoms with E-state index in [9.17, 15) is 4.79 Å². The van der Waals surface area contributed by atoms with Crippen LogP contribution in [0, 0.1) is 0 Å². The molecule has 0 aliphatic carbocycles. The fourth-order valence-electron chi connectivity index (χ4n) is 3.30. The second-order valence-electron chi connectivity index (χ2n) is 7.73. The number of ether oxygens (including phenoxy) is 1. The molecule has 0 heterocycles. The molecule has 0 aliphatic rings. The summed E-state index contributed by atoms with van der Waals surface area (Å²) in [7, 11) is 0. The summed E-state index contributed by atoms with van der Waals surface area (Å²) < 4.78 is 5.69. The van der Waals surface area contributed by atoms with Crippen molar-refractivity contribution in [1.29, 1.82) is 0 Å². The van der Waals surface area contributed by atoms with Gasteiger partial charge >= 0.3 is 0 Å². The first-order chi connectivity index (χ1) is 15.7. The van der Waals surface area contributed by atoms with Crippen LogP contribution in [0.4, 0.5) is 5.69 Å². The lowest BCUT2D eigenvalue weighted by Crippen LogP contribution is -2.02. The van der Waals surface area contributed by atoms with Crippen LogP contribution >= 0.6 is 0 Å². The summed E-state index contributed by atoms with van der Waals surface area (Å²) in [5, 5.41) is 2.67. The molecule has 0 aromatic heterocycles. The standard InChI is InChI=1S/C15H17NO.C13H19NO/c16-11-10-13-6-8-15(9-7-13)17-12-14-4-2-1-3-5-14;1-2-3-4-5-7-12-8-6-9-13(10-12)14-11-15/h1-9H,10-12,16H2;6,8-11H,2-5,7H2,1H3,(H,14,15). The van der Waals surface area contributed by atoms with Crippen molar-refractivity contribution in [3.8, 4) is 5.75 Å². The summed E-state index contributed by atoms with van der Waals surface area (Å²) in [5.41, 5.74) is 10.1. The molecule has 0 spiro atoms. The van der Waals surface area contributed by atoms with Crippen molar-refractivity contribution in [2.24, 2.45) is 5.73 Å². The van der Waals surface area contributed by atoms with Gasteiger partial charge in [0.15, 0.2) is 0 Å². The van der Waals surface area contributed by atoms with E-state index >= 15 is 0 Å². The summed E-state index contributed by atoms with van der Waals surface area (Å²) in [6.45, 7) is 3.51. The van der Waals surface area contributed by atoms with Crippen molar-refractivity contribution in [2.45, 2.75) is 52.1 Å². The highest BCUT2D eigenvalue weighted by atomic mass is 16.5. The number of carbonyl (C=O) groups is 1. The molecule has 0 bridgehead atoms. The highest BCUT2D eigenvalue weighted by Gasteiger charge is 1.97. The van der Waals surface area contributed by atoms with Crippen LogP contribution in [0.1, 0.15) is 49.3 Å². The Morgan fingerprint density at radius 1 is 0.812 bits per heavy atom. The number of rotatable bonds is 12. The number of unbranched alkanes of at least 4 members (excludes halogenated alkanes) is 3. The van der Waals surface area contributed by atoms with Crippen molar-refractivity contribution < 1.29 is 9.53 Å². The fraction of sp³-hybridized carbons (Fsp3) is 0.321. The average molecular weight is 433 g/mol. The number of amides is 1. The lowest BCUT2D eigenvalue weighted by atomic mass is 10.1. The van der Waals surface area contributed by atoms with Gasteiger partial charge in [-0.25, -0.2) is 0 Å². The first-order valence-electron chi connectivity index (χ1n) is 11.5. The zero-order valence-electron chi connectivity index (χ0n) is 19.1.